The van der Waals surface area contributed by atoms with Crippen LogP contribution in [-0.4, -0.2) is 17.9 Å². The Labute approximate surface area is 151 Å². The van der Waals surface area contributed by atoms with E-state index in [1.54, 1.807) is 6.92 Å². The maximum atomic E-state index is 13.9. The van der Waals surface area contributed by atoms with Crippen LogP contribution in [0.4, 0.5) is 15.8 Å². The molecular weight excluding hydrogens is 349 g/mol. The SMILES string of the molecule is Cc1occc1C(=O)Nc1cc(NC(=O)C(N)C(C)C)ccc1F.Cl. The summed E-state index contributed by atoms with van der Waals surface area (Å²) < 4.78 is 19.0. The van der Waals surface area contributed by atoms with Gasteiger partial charge in [0.25, 0.3) is 5.91 Å². The first-order valence-corrected chi connectivity index (χ1v) is 7.51. The summed E-state index contributed by atoms with van der Waals surface area (Å²) in [5.74, 6) is -1.09. The van der Waals surface area contributed by atoms with E-state index >= 15 is 0 Å². The quantitative estimate of drug-likeness (QED) is 0.753. The highest BCUT2D eigenvalue weighted by atomic mass is 35.5. The van der Waals surface area contributed by atoms with Crippen LogP contribution in [0.1, 0.15) is 30.0 Å². The van der Waals surface area contributed by atoms with E-state index in [4.69, 9.17) is 10.2 Å². The summed E-state index contributed by atoms with van der Waals surface area (Å²) in [6.07, 6.45) is 1.38. The first kappa shape index (κ1) is 20.7. The molecule has 0 fully saturated rings. The van der Waals surface area contributed by atoms with Gasteiger partial charge in [-0.2, -0.15) is 0 Å². The van der Waals surface area contributed by atoms with Gasteiger partial charge in [-0.25, -0.2) is 4.39 Å². The molecule has 4 N–H and O–H groups in total. The molecule has 0 bridgehead atoms. The molecule has 0 aliphatic carbocycles. The Morgan fingerprint density at radius 1 is 1.20 bits per heavy atom. The molecule has 136 valence electrons. The zero-order valence-electron chi connectivity index (χ0n) is 14.1. The molecule has 2 amide bonds. The van der Waals surface area contributed by atoms with Crippen molar-refractivity contribution in [2.75, 3.05) is 10.6 Å². The highest BCUT2D eigenvalue weighted by Crippen LogP contribution is 2.21. The van der Waals surface area contributed by atoms with Crippen LogP contribution in [0.2, 0.25) is 0 Å². The molecule has 6 nitrogen and oxygen atoms in total. The van der Waals surface area contributed by atoms with E-state index in [1.807, 2.05) is 13.8 Å². The average Bonchev–Trinajstić information content (AvgIpc) is 2.95. The van der Waals surface area contributed by atoms with Crippen molar-refractivity contribution in [3.8, 4) is 0 Å². The molecular formula is C17H21ClFN3O3. The van der Waals surface area contributed by atoms with E-state index in [-0.39, 0.29) is 29.9 Å². The van der Waals surface area contributed by atoms with Gasteiger partial charge in [0.05, 0.1) is 23.6 Å². The van der Waals surface area contributed by atoms with Crippen LogP contribution in [0.25, 0.3) is 0 Å². The Bertz CT molecular complexity index is 761. The van der Waals surface area contributed by atoms with Gasteiger partial charge in [0.15, 0.2) is 0 Å². The number of furan rings is 1. The fraction of sp³-hybridized carbons (Fsp3) is 0.294. The lowest BCUT2D eigenvalue weighted by Crippen LogP contribution is -2.39. The lowest BCUT2D eigenvalue weighted by molar-refractivity contribution is -0.118. The van der Waals surface area contributed by atoms with Crippen LogP contribution in [0.3, 0.4) is 0 Å². The second kappa shape index (κ2) is 8.64. The molecule has 1 atom stereocenters. The third-order valence-electron chi connectivity index (χ3n) is 3.61. The van der Waals surface area contributed by atoms with Gasteiger partial charge in [-0.15, -0.1) is 12.4 Å². The number of hydrogen-bond donors (Lipinski definition) is 3. The summed E-state index contributed by atoms with van der Waals surface area (Å²) >= 11 is 0. The predicted molar refractivity (Wildman–Crippen MR) is 96.5 cm³/mol. The third kappa shape index (κ3) is 5.04. The van der Waals surface area contributed by atoms with Crippen molar-refractivity contribution in [1.29, 1.82) is 0 Å². The van der Waals surface area contributed by atoms with Crippen molar-refractivity contribution in [3.63, 3.8) is 0 Å². The molecule has 0 saturated carbocycles. The molecule has 1 aromatic carbocycles. The number of carbonyl (C=O) groups excluding carboxylic acids is 2. The van der Waals surface area contributed by atoms with Crippen molar-refractivity contribution in [2.24, 2.45) is 11.7 Å². The number of nitrogens with one attached hydrogen (secondary N) is 2. The first-order chi connectivity index (χ1) is 11.3. The second-order valence-electron chi connectivity index (χ2n) is 5.80. The van der Waals surface area contributed by atoms with E-state index in [0.717, 1.165) is 6.07 Å². The van der Waals surface area contributed by atoms with Crippen molar-refractivity contribution in [3.05, 3.63) is 47.7 Å². The van der Waals surface area contributed by atoms with Crippen LogP contribution >= 0.6 is 12.4 Å². The predicted octanol–water partition coefficient (Wildman–Crippen LogP) is 3.32. The fourth-order valence-electron chi connectivity index (χ4n) is 2.04. The molecule has 0 radical (unpaired) electrons. The lowest BCUT2D eigenvalue weighted by atomic mass is 10.0. The molecule has 1 aromatic heterocycles. The van der Waals surface area contributed by atoms with Crippen molar-refractivity contribution >= 4 is 35.6 Å². The van der Waals surface area contributed by atoms with E-state index < -0.39 is 17.8 Å². The molecule has 2 rings (SSSR count). The number of anilines is 2. The van der Waals surface area contributed by atoms with E-state index in [0.29, 0.717) is 17.0 Å². The van der Waals surface area contributed by atoms with Gasteiger partial charge in [0.1, 0.15) is 11.6 Å². The molecule has 1 unspecified atom stereocenters. The van der Waals surface area contributed by atoms with Crippen LogP contribution in [-0.2, 0) is 4.79 Å². The lowest BCUT2D eigenvalue weighted by Gasteiger charge is -2.16. The van der Waals surface area contributed by atoms with Crippen molar-refractivity contribution in [1.82, 2.24) is 0 Å². The molecule has 0 saturated heterocycles. The van der Waals surface area contributed by atoms with Crippen LogP contribution in [0.15, 0.2) is 34.9 Å². The Morgan fingerprint density at radius 3 is 2.44 bits per heavy atom. The number of nitrogens with two attached hydrogens (primary N) is 1. The number of carbonyl (C=O) groups is 2. The van der Waals surface area contributed by atoms with Gasteiger partial charge in [-0.1, -0.05) is 13.8 Å². The summed E-state index contributed by atoms with van der Waals surface area (Å²) in [4.78, 5) is 24.1. The minimum Gasteiger partial charge on any atom is -0.469 e. The van der Waals surface area contributed by atoms with Crippen molar-refractivity contribution in [2.45, 2.75) is 26.8 Å². The van der Waals surface area contributed by atoms with E-state index in [1.165, 1.54) is 24.5 Å². The maximum Gasteiger partial charge on any atom is 0.259 e. The average molecular weight is 370 g/mol. The minimum atomic E-state index is -0.679. The molecule has 2 aromatic rings. The second-order valence-corrected chi connectivity index (χ2v) is 5.80. The summed E-state index contributed by atoms with van der Waals surface area (Å²) in [5.41, 5.74) is 6.38. The summed E-state index contributed by atoms with van der Waals surface area (Å²) in [7, 11) is 0. The number of aryl methyl sites for hydroxylation is 1. The number of halogens is 2. The number of hydrogen-bond acceptors (Lipinski definition) is 4. The first-order valence-electron chi connectivity index (χ1n) is 7.51. The zero-order valence-corrected chi connectivity index (χ0v) is 14.9. The normalized spacial score (nSPS) is 11.6. The van der Waals surface area contributed by atoms with Crippen LogP contribution < -0.4 is 16.4 Å². The van der Waals surface area contributed by atoms with E-state index in [2.05, 4.69) is 10.6 Å². The summed E-state index contributed by atoms with van der Waals surface area (Å²) in [6, 6.07) is 4.72. The smallest absolute Gasteiger partial charge is 0.259 e. The number of benzene rings is 1. The van der Waals surface area contributed by atoms with Gasteiger partial charge < -0.3 is 20.8 Å². The summed E-state index contributed by atoms with van der Waals surface area (Å²) in [5, 5.41) is 5.07. The zero-order chi connectivity index (χ0) is 17.9. The topological polar surface area (TPSA) is 97.4 Å². The van der Waals surface area contributed by atoms with Gasteiger partial charge in [-0.3, -0.25) is 9.59 Å². The Kier molecular flexibility index (Phi) is 7.14. The van der Waals surface area contributed by atoms with Gasteiger partial charge in [0, 0.05) is 5.69 Å². The molecule has 1 heterocycles. The van der Waals surface area contributed by atoms with Gasteiger partial charge in [-0.05, 0) is 37.1 Å². The molecule has 8 heteroatoms. The maximum absolute atomic E-state index is 13.9. The van der Waals surface area contributed by atoms with Crippen molar-refractivity contribution < 1.29 is 18.4 Å². The largest absolute Gasteiger partial charge is 0.469 e. The van der Waals surface area contributed by atoms with Crippen LogP contribution in [0.5, 0.6) is 0 Å². The highest BCUT2D eigenvalue weighted by Gasteiger charge is 2.18. The Morgan fingerprint density at radius 2 is 1.88 bits per heavy atom. The Balaban J connectivity index is 0.00000312. The minimum absolute atomic E-state index is 0. The van der Waals surface area contributed by atoms with Gasteiger partial charge in [0.2, 0.25) is 5.91 Å². The molecule has 0 aliphatic rings. The third-order valence-corrected chi connectivity index (χ3v) is 3.61. The van der Waals surface area contributed by atoms with Crippen LogP contribution in [0, 0.1) is 18.7 Å². The number of amides is 2. The Hall–Kier alpha value is -2.38. The monoisotopic (exact) mass is 369 g/mol. The molecule has 25 heavy (non-hydrogen) atoms. The van der Waals surface area contributed by atoms with E-state index in [9.17, 15) is 14.0 Å². The molecule has 0 aliphatic heterocycles. The fourth-order valence-corrected chi connectivity index (χ4v) is 2.04. The van der Waals surface area contributed by atoms with Gasteiger partial charge >= 0.3 is 0 Å². The highest BCUT2D eigenvalue weighted by molar-refractivity contribution is 6.05. The summed E-state index contributed by atoms with van der Waals surface area (Å²) in [6.45, 7) is 5.29. The molecule has 0 spiro atoms. The number of rotatable bonds is 5. The standard InChI is InChI=1S/C17H20FN3O3.ClH/c1-9(2)15(19)17(23)20-11-4-5-13(18)14(8-11)21-16(22)12-6-7-24-10(12)3;/h4-9,15H,19H2,1-3H3,(H,20,23)(H,21,22);1H.